The average molecular weight is 421 g/mol. The smallest absolute Gasteiger partial charge is 0.417 e. The summed E-state index contributed by atoms with van der Waals surface area (Å²) in [6.07, 6.45) is -2.28. The van der Waals surface area contributed by atoms with Crippen molar-refractivity contribution in [3.63, 3.8) is 0 Å². The van der Waals surface area contributed by atoms with Crippen LogP contribution >= 0.6 is 11.6 Å². The molecule has 3 aliphatic rings. The number of fused-ring (bicyclic) bond motifs is 3. The molecule has 0 N–H and O–H groups in total. The molecule has 150 valence electrons. The second kappa shape index (κ2) is 6.65. The minimum absolute atomic E-state index is 0.0303. The largest absolute Gasteiger partial charge is 0.492 e. The quantitative estimate of drug-likeness (QED) is 0.631. The Kier molecular flexibility index (Phi) is 4.52. The number of ether oxygens (including phenoxy) is 2. The normalized spacial score (nSPS) is 24.1. The van der Waals surface area contributed by atoms with Gasteiger partial charge in [-0.05, 0) is 25.0 Å². The molecule has 0 saturated carbocycles. The number of hydrogen-bond donors (Lipinski definition) is 0. The molecule has 0 aromatic heterocycles. The first-order chi connectivity index (χ1) is 13.2. The van der Waals surface area contributed by atoms with Crippen LogP contribution in [0.15, 0.2) is 46.8 Å². The van der Waals surface area contributed by atoms with Gasteiger partial charge < -0.3 is 14.4 Å². The van der Waals surface area contributed by atoms with E-state index in [0.29, 0.717) is 41.9 Å². The fourth-order valence-corrected chi connectivity index (χ4v) is 3.92. The van der Waals surface area contributed by atoms with Crippen molar-refractivity contribution in [2.75, 3.05) is 13.2 Å². The third kappa shape index (κ3) is 3.21. The maximum absolute atomic E-state index is 13.2. The molecule has 1 spiro atoms. The van der Waals surface area contributed by atoms with Crippen molar-refractivity contribution in [2.24, 2.45) is 4.99 Å². The van der Waals surface area contributed by atoms with Gasteiger partial charge in [0.15, 0.2) is 11.6 Å². The fourth-order valence-electron chi connectivity index (χ4n) is 3.69. The maximum atomic E-state index is 13.2. The fraction of sp³-hybridized carbons (Fsp3) is 0.389. The first-order valence-corrected chi connectivity index (χ1v) is 8.82. The molecule has 28 heavy (non-hydrogen) atoms. The first kappa shape index (κ1) is 19.0. The number of amidine groups is 1. The minimum atomic E-state index is -4.72. The Bertz CT molecular complexity index is 896. The topological polar surface area (TPSA) is 34.1 Å². The lowest BCUT2D eigenvalue weighted by atomic mass is 9.86. The summed E-state index contributed by atoms with van der Waals surface area (Å²) in [6, 6.07) is 5.07. The Morgan fingerprint density at radius 2 is 2.07 bits per heavy atom. The first-order valence-electron chi connectivity index (χ1n) is 8.44. The van der Waals surface area contributed by atoms with E-state index in [2.05, 4.69) is 9.73 Å². The number of aliphatic imine (C=N–C) groups is 1. The molecule has 4 rings (SSSR count). The highest BCUT2D eigenvalue weighted by atomic mass is 35.5. The van der Waals surface area contributed by atoms with E-state index in [-0.39, 0.29) is 12.4 Å². The van der Waals surface area contributed by atoms with E-state index in [9.17, 15) is 22.0 Å². The van der Waals surface area contributed by atoms with Crippen LogP contribution in [0.2, 0.25) is 5.02 Å². The van der Waals surface area contributed by atoms with Gasteiger partial charge in [-0.25, -0.2) is 0 Å². The summed E-state index contributed by atoms with van der Waals surface area (Å²) in [5.41, 5.74) is -1.46. The highest BCUT2D eigenvalue weighted by molar-refractivity contribution is 6.32. The van der Waals surface area contributed by atoms with Gasteiger partial charge in [-0.15, -0.1) is 0 Å². The van der Waals surface area contributed by atoms with E-state index in [1.165, 1.54) is 4.90 Å². The molecule has 1 aromatic carbocycles. The van der Waals surface area contributed by atoms with Crippen molar-refractivity contribution in [3.05, 3.63) is 52.4 Å². The Labute approximate surface area is 161 Å². The third-order valence-electron chi connectivity index (χ3n) is 4.82. The predicted octanol–water partition coefficient (Wildman–Crippen LogP) is 5.00. The van der Waals surface area contributed by atoms with Gasteiger partial charge in [0.25, 0.3) is 0 Å². The Hall–Kier alpha value is -2.29. The van der Waals surface area contributed by atoms with Crippen LogP contribution in [0.5, 0.6) is 5.75 Å². The SMILES string of the molecule is FC(F)OC1=CC(C(F)(F)F)=CN2C[C@]3(CCCOc4c(Cl)cccc43)N=C12. The monoisotopic (exact) mass is 420 g/mol. The molecule has 0 fully saturated rings. The molecule has 3 heterocycles. The zero-order valence-corrected chi connectivity index (χ0v) is 15.0. The number of allylic oxidation sites excluding steroid dienone is 2. The minimum Gasteiger partial charge on any atom is -0.492 e. The van der Waals surface area contributed by atoms with Crippen LogP contribution in [-0.2, 0) is 10.3 Å². The number of para-hydroxylation sites is 1. The zero-order valence-electron chi connectivity index (χ0n) is 14.3. The molecule has 1 atom stereocenters. The van der Waals surface area contributed by atoms with E-state index in [0.717, 1.165) is 6.20 Å². The van der Waals surface area contributed by atoms with Gasteiger partial charge in [-0.1, -0.05) is 23.7 Å². The van der Waals surface area contributed by atoms with Gasteiger partial charge in [0.05, 0.1) is 23.7 Å². The molecule has 4 nitrogen and oxygen atoms in total. The molecule has 0 bridgehead atoms. The zero-order chi connectivity index (χ0) is 20.1. The number of hydrogen-bond acceptors (Lipinski definition) is 4. The number of benzene rings is 1. The molecule has 0 amide bonds. The van der Waals surface area contributed by atoms with Crippen molar-refractivity contribution in [2.45, 2.75) is 31.2 Å². The molecule has 0 unspecified atom stereocenters. The Balaban J connectivity index is 1.83. The lowest BCUT2D eigenvalue weighted by Crippen LogP contribution is -2.34. The molecule has 1 aromatic rings. The highest BCUT2D eigenvalue weighted by Gasteiger charge is 2.47. The van der Waals surface area contributed by atoms with Crippen LogP contribution < -0.4 is 4.74 Å². The molecule has 10 heteroatoms. The lowest BCUT2D eigenvalue weighted by Gasteiger charge is -2.28. The summed E-state index contributed by atoms with van der Waals surface area (Å²) < 4.78 is 75.4. The summed E-state index contributed by atoms with van der Waals surface area (Å²) in [4.78, 5) is 5.76. The van der Waals surface area contributed by atoms with Crippen molar-refractivity contribution in [1.82, 2.24) is 4.90 Å². The second-order valence-electron chi connectivity index (χ2n) is 6.63. The van der Waals surface area contributed by atoms with Crippen LogP contribution in [0, 0.1) is 0 Å². The van der Waals surface area contributed by atoms with E-state index in [1.54, 1.807) is 18.2 Å². The van der Waals surface area contributed by atoms with Crippen LogP contribution in [0.25, 0.3) is 0 Å². The molecular formula is C18H14ClF5N2O2. The summed E-state index contributed by atoms with van der Waals surface area (Å²) in [5, 5.41) is 0.356. The average Bonchev–Trinajstić information content (AvgIpc) is 2.88. The van der Waals surface area contributed by atoms with Crippen molar-refractivity contribution in [1.29, 1.82) is 0 Å². The molecular weight excluding hydrogens is 407 g/mol. The predicted molar refractivity (Wildman–Crippen MR) is 91.3 cm³/mol. The summed E-state index contributed by atoms with van der Waals surface area (Å²) in [6.45, 7) is -2.88. The van der Waals surface area contributed by atoms with Gasteiger partial charge >= 0.3 is 12.8 Å². The highest BCUT2D eigenvalue weighted by Crippen LogP contribution is 2.47. The van der Waals surface area contributed by atoms with Crippen molar-refractivity contribution in [3.8, 4) is 5.75 Å². The molecule has 0 aliphatic carbocycles. The lowest BCUT2D eigenvalue weighted by molar-refractivity contribution is -0.0981. The van der Waals surface area contributed by atoms with E-state index < -0.39 is 29.7 Å². The molecule has 0 radical (unpaired) electrons. The van der Waals surface area contributed by atoms with Crippen LogP contribution in [0.4, 0.5) is 22.0 Å². The summed E-state index contributed by atoms with van der Waals surface area (Å²) >= 11 is 6.23. The van der Waals surface area contributed by atoms with Crippen LogP contribution in [-0.4, -0.2) is 36.7 Å². The van der Waals surface area contributed by atoms with Crippen molar-refractivity contribution < 1.29 is 31.4 Å². The number of nitrogens with zero attached hydrogens (tertiary/aromatic N) is 2. The van der Waals surface area contributed by atoms with E-state index in [1.807, 2.05) is 0 Å². The van der Waals surface area contributed by atoms with Crippen molar-refractivity contribution >= 4 is 17.4 Å². The summed E-state index contributed by atoms with van der Waals surface area (Å²) in [7, 11) is 0. The van der Waals surface area contributed by atoms with Gasteiger partial charge in [0, 0.05) is 11.8 Å². The summed E-state index contributed by atoms with van der Waals surface area (Å²) in [5.74, 6) is -0.275. The number of rotatable bonds is 2. The maximum Gasteiger partial charge on any atom is 0.417 e. The molecule has 0 saturated heterocycles. The standard InChI is InChI=1S/C18H14ClF5N2O2/c19-12-4-1-3-11-14(12)27-6-2-5-17(11)9-26-8-10(18(22,23)24)7-13(15(26)25-17)28-16(20)21/h1,3-4,7-8,16H,2,5-6,9H2/t17-/m0/s1. The second-order valence-corrected chi connectivity index (χ2v) is 7.04. The van der Waals surface area contributed by atoms with Gasteiger partial charge in [0.1, 0.15) is 11.3 Å². The third-order valence-corrected chi connectivity index (χ3v) is 5.12. The Morgan fingerprint density at radius 3 is 2.79 bits per heavy atom. The Morgan fingerprint density at radius 1 is 1.29 bits per heavy atom. The molecule has 3 aliphatic heterocycles. The number of alkyl halides is 5. The van der Waals surface area contributed by atoms with E-state index in [4.69, 9.17) is 16.3 Å². The van der Waals surface area contributed by atoms with Gasteiger partial charge in [-0.2, -0.15) is 22.0 Å². The van der Waals surface area contributed by atoms with E-state index >= 15 is 0 Å². The van der Waals surface area contributed by atoms with Gasteiger partial charge in [0.2, 0.25) is 0 Å². The van der Waals surface area contributed by atoms with Crippen LogP contribution in [0.1, 0.15) is 18.4 Å². The van der Waals surface area contributed by atoms with Gasteiger partial charge in [-0.3, -0.25) is 4.99 Å². The van der Waals surface area contributed by atoms with Crippen LogP contribution in [0.3, 0.4) is 0 Å². The number of halogens is 6.